The Morgan fingerprint density at radius 2 is 1.64 bits per heavy atom. The van der Waals surface area contributed by atoms with Crippen molar-refractivity contribution in [1.29, 1.82) is 0 Å². The van der Waals surface area contributed by atoms with Gasteiger partial charge in [0.15, 0.2) is 0 Å². The lowest BCUT2D eigenvalue weighted by atomic mass is 10.1. The molecule has 11 heteroatoms. The van der Waals surface area contributed by atoms with Crippen LogP contribution in [0, 0.1) is 0 Å². The number of carbonyl (C=O) groups excluding carboxylic acids is 2. The van der Waals surface area contributed by atoms with E-state index in [4.69, 9.17) is 9.47 Å². The zero-order valence-corrected chi connectivity index (χ0v) is 24.6. The lowest BCUT2D eigenvalue weighted by Gasteiger charge is -2.24. The molecule has 0 aromatic heterocycles. The second-order valence-corrected chi connectivity index (χ2v) is 12.2. The fraction of sp³-hybridized carbons (Fsp3) is 0.161. The Morgan fingerprint density at radius 3 is 2.31 bits per heavy atom. The molecule has 0 aliphatic carbocycles. The van der Waals surface area contributed by atoms with Crippen LogP contribution in [0.1, 0.15) is 26.9 Å². The van der Waals surface area contributed by atoms with Crippen LogP contribution in [0.5, 0.6) is 11.5 Å². The van der Waals surface area contributed by atoms with E-state index in [0.717, 1.165) is 11.1 Å². The maximum absolute atomic E-state index is 13.0. The van der Waals surface area contributed by atoms with E-state index < -0.39 is 10.0 Å². The van der Waals surface area contributed by atoms with E-state index in [1.165, 1.54) is 44.6 Å². The summed E-state index contributed by atoms with van der Waals surface area (Å²) < 4.78 is 38.9. The first kappa shape index (κ1) is 29.0. The maximum atomic E-state index is 13.0. The zero-order chi connectivity index (χ0) is 29.7. The van der Waals surface area contributed by atoms with Gasteiger partial charge in [0, 0.05) is 23.9 Å². The molecular formula is C31H29N3O6S2. The Morgan fingerprint density at radius 1 is 0.929 bits per heavy atom. The van der Waals surface area contributed by atoms with Crippen molar-refractivity contribution in [2.45, 2.75) is 16.8 Å². The second kappa shape index (κ2) is 12.6. The summed E-state index contributed by atoms with van der Waals surface area (Å²) in [7, 11) is -1.01. The van der Waals surface area contributed by atoms with Gasteiger partial charge < -0.3 is 19.7 Å². The van der Waals surface area contributed by atoms with Gasteiger partial charge >= 0.3 is 0 Å². The Bertz CT molecular complexity index is 1680. The standard InChI is InChI=1S/C31H29N3O6S2/c1-39-25-14-17-28(40-2)27(18-25)33-42(37,38)26-15-12-24(13-16-26)32-30(36)22-8-10-23(11-9-22)31-34(29(35)20-41-31)19-21-6-4-3-5-7-21/h3-18,31,33H,19-20H2,1-2H3,(H,32,36)/t31-/m1/s1. The average Bonchev–Trinajstić information content (AvgIpc) is 3.37. The van der Waals surface area contributed by atoms with Gasteiger partial charge in [0.2, 0.25) is 5.91 Å². The number of ether oxygens (including phenoxy) is 2. The largest absolute Gasteiger partial charge is 0.497 e. The number of rotatable bonds is 10. The van der Waals surface area contributed by atoms with Gasteiger partial charge in [0.05, 0.1) is 30.6 Å². The lowest BCUT2D eigenvalue weighted by molar-refractivity contribution is -0.128. The van der Waals surface area contributed by atoms with Crippen LogP contribution in [0.2, 0.25) is 0 Å². The highest BCUT2D eigenvalue weighted by Crippen LogP contribution is 2.39. The molecule has 9 nitrogen and oxygen atoms in total. The first-order chi connectivity index (χ1) is 20.3. The third-order valence-corrected chi connectivity index (χ3v) is 9.33. The number of hydrogen-bond acceptors (Lipinski definition) is 7. The Hall–Kier alpha value is -4.48. The highest BCUT2D eigenvalue weighted by Gasteiger charge is 2.32. The van der Waals surface area contributed by atoms with Crippen molar-refractivity contribution >= 4 is 45.0 Å². The number of anilines is 2. The quantitative estimate of drug-likeness (QED) is 0.245. The van der Waals surface area contributed by atoms with Gasteiger partial charge in [-0.15, -0.1) is 11.8 Å². The molecule has 1 heterocycles. The third-order valence-electron chi connectivity index (χ3n) is 6.70. The third kappa shape index (κ3) is 6.53. The molecule has 2 N–H and O–H groups in total. The van der Waals surface area contributed by atoms with Gasteiger partial charge in [-0.3, -0.25) is 14.3 Å². The van der Waals surface area contributed by atoms with E-state index in [9.17, 15) is 18.0 Å². The van der Waals surface area contributed by atoms with Gasteiger partial charge in [-0.25, -0.2) is 8.42 Å². The Balaban J connectivity index is 1.24. The Kier molecular flexibility index (Phi) is 8.69. The van der Waals surface area contributed by atoms with Gasteiger partial charge in [-0.05, 0) is 59.7 Å². The van der Waals surface area contributed by atoms with E-state index in [1.54, 1.807) is 36.0 Å². The summed E-state index contributed by atoms with van der Waals surface area (Å²) in [5, 5.41) is 2.67. The van der Waals surface area contributed by atoms with Crippen molar-refractivity contribution in [3.63, 3.8) is 0 Å². The monoisotopic (exact) mass is 603 g/mol. The van der Waals surface area contributed by atoms with Gasteiger partial charge in [0.1, 0.15) is 16.9 Å². The van der Waals surface area contributed by atoms with Crippen LogP contribution in [-0.4, -0.2) is 45.1 Å². The minimum atomic E-state index is -3.94. The first-order valence-electron chi connectivity index (χ1n) is 13.0. The summed E-state index contributed by atoms with van der Waals surface area (Å²) in [6, 6.07) is 27.7. The molecule has 0 unspecified atom stereocenters. The Labute approximate surface area is 248 Å². The maximum Gasteiger partial charge on any atom is 0.262 e. The van der Waals surface area contributed by atoms with Crippen molar-refractivity contribution in [2.24, 2.45) is 0 Å². The number of benzene rings is 4. The second-order valence-electron chi connectivity index (χ2n) is 9.44. The number of thioether (sulfide) groups is 1. The van der Waals surface area contributed by atoms with E-state index >= 15 is 0 Å². The van der Waals surface area contributed by atoms with Crippen LogP contribution >= 0.6 is 11.8 Å². The summed E-state index contributed by atoms with van der Waals surface area (Å²) in [6.45, 7) is 0.522. The molecule has 1 aliphatic rings. The fourth-order valence-corrected chi connectivity index (χ4v) is 6.75. The molecule has 0 saturated carbocycles. The number of amides is 2. The molecular weight excluding hydrogens is 574 g/mol. The highest BCUT2D eigenvalue weighted by atomic mass is 32.2. The SMILES string of the molecule is COc1ccc(OC)c(NS(=O)(=O)c2ccc(NC(=O)c3ccc([C@H]4SCC(=O)N4Cc4ccccc4)cc3)cc2)c1. The minimum absolute atomic E-state index is 0.0124. The predicted octanol–water partition coefficient (Wildman–Crippen LogP) is 5.53. The lowest BCUT2D eigenvalue weighted by Crippen LogP contribution is -2.27. The van der Waals surface area contributed by atoms with Crippen molar-refractivity contribution in [3.05, 3.63) is 114 Å². The number of nitrogens with zero attached hydrogens (tertiary/aromatic N) is 1. The van der Waals surface area contributed by atoms with Gasteiger partial charge in [-0.1, -0.05) is 42.5 Å². The molecule has 0 bridgehead atoms. The molecule has 4 aromatic rings. The fourth-order valence-electron chi connectivity index (χ4n) is 4.50. The van der Waals surface area contributed by atoms with E-state index in [-0.39, 0.29) is 27.8 Å². The zero-order valence-electron chi connectivity index (χ0n) is 22.9. The normalized spacial score (nSPS) is 14.9. The summed E-state index contributed by atoms with van der Waals surface area (Å²) in [5.41, 5.74) is 3.11. The summed E-state index contributed by atoms with van der Waals surface area (Å²) >= 11 is 1.56. The van der Waals surface area contributed by atoms with Crippen LogP contribution in [0.3, 0.4) is 0 Å². The molecule has 216 valence electrons. The van der Waals surface area contributed by atoms with Crippen molar-refractivity contribution in [3.8, 4) is 11.5 Å². The van der Waals surface area contributed by atoms with Gasteiger partial charge in [0.25, 0.3) is 15.9 Å². The number of carbonyl (C=O) groups is 2. The average molecular weight is 604 g/mol. The predicted molar refractivity (Wildman–Crippen MR) is 163 cm³/mol. The molecule has 0 spiro atoms. The molecule has 4 aromatic carbocycles. The molecule has 1 aliphatic heterocycles. The number of nitrogens with one attached hydrogen (secondary N) is 2. The molecule has 1 atom stereocenters. The molecule has 0 radical (unpaired) electrons. The van der Waals surface area contributed by atoms with E-state index in [1.807, 2.05) is 47.4 Å². The van der Waals surface area contributed by atoms with Gasteiger partial charge in [-0.2, -0.15) is 0 Å². The number of hydrogen-bond donors (Lipinski definition) is 2. The van der Waals surface area contributed by atoms with Crippen molar-refractivity contribution < 1.29 is 27.5 Å². The topological polar surface area (TPSA) is 114 Å². The van der Waals surface area contributed by atoms with Crippen molar-refractivity contribution in [1.82, 2.24) is 4.90 Å². The van der Waals surface area contributed by atoms with Crippen LogP contribution in [0.25, 0.3) is 0 Å². The smallest absolute Gasteiger partial charge is 0.262 e. The van der Waals surface area contributed by atoms with E-state index in [0.29, 0.717) is 35.0 Å². The minimum Gasteiger partial charge on any atom is -0.497 e. The van der Waals surface area contributed by atoms with Crippen LogP contribution in [0.4, 0.5) is 11.4 Å². The summed E-state index contributed by atoms with van der Waals surface area (Å²) in [6.07, 6.45) is 0. The molecule has 1 saturated heterocycles. The van der Waals surface area contributed by atoms with Crippen molar-refractivity contribution in [2.75, 3.05) is 30.0 Å². The van der Waals surface area contributed by atoms with Crippen LogP contribution in [0.15, 0.2) is 102 Å². The summed E-state index contributed by atoms with van der Waals surface area (Å²) in [4.78, 5) is 27.3. The molecule has 42 heavy (non-hydrogen) atoms. The van der Waals surface area contributed by atoms with Crippen LogP contribution in [-0.2, 0) is 21.4 Å². The molecule has 5 rings (SSSR count). The highest BCUT2D eigenvalue weighted by molar-refractivity contribution is 8.00. The van der Waals surface area contributed by atoms with Crippen LogP contribution < -0.4 is 19.5 Å². The van der Waals surface area contributed by atoms with E-state index in [2.05, 4.69) is 10.0 Å². The first-order valence-corrected chi connectivity index (χ1v) is 15.5. The molecule has 1 fully saturated rings. The number of methoxy groups -OCH3 is 2. The summed E-state index contributed by atoms with van der Waals surface area (Å²) in [5.74, 6) is 0.969. The number of sulfonamides is 1. The molecule has 2 amide bonds.